The minimum Gasteiger partial charge on any atom is -0.316 e. The van der Waals surface area contributed by atoms with Crippen molar-refractivity contribution in [3.63, 3.8) is 0 Å². The van der Waals surface area contributed by atoms with E-state index >= 15 is 0 Å². The van der Waals surface area contributed by atoms with E-state index in [1.165, 1.54) is 0 Å². The summed E-state index contributed by atoms with van der Waals surface area (Å²) in [5.41, 5.74) is 1.79. The Balaban J connectivity index is 2.56. The zero-order valence-corrected chi connectivity index (χ0v) is 9.56. The van der Waals surface area contributed by atoms with Crippen LogP contribution >= 0.6 is 0 Å². The first-order chi connectivity index (χ1) is 7.05. The van der Waals surface area contributed by atoms with Gasteiger partial charge in [0.05, 0.1) is 4.90 Å². The summed E-state index contributed by atoms with van der Waals surface area (Å²) in [5, 5.41) is 3.00. The molecule has 0 unspecified atom stereocenters. The van der Waals surface area contributed by atoms with Gasteiger partial charge >= 0.3 is 0 Å². The van der Waals surface area contributed by atoms with E-state index in [0.717, 1.165) is 11.1 Å². The third kappa shape index (κ3) is 1.60. The van der Waals surface area contributed by atoms with Crippen molar-refractivity contribution in [2.75, 3.05) is 7.05 Å². The standard InChI is InChI=1S/C11H13NO2S/c1-8-5-10-4-3-9(7-12-2)6-11(10)15(8,13)14/h3-6,12H,7H2,1-2H3. The summed E-state index contributed by atoms with van der Waals surface area (Å²) < 4.78 is 23.7. The van der Waals surface area contributed by atoms with Crippen LogP contribution in [0.25, 0.3) is 6.08 Å². The highest BCUT2D eigenvalue weighted by atomic mass is 32.2. The van der Waals surface area contributed by atoms with E-state index in [-0.39, 0.29) is 0 Å². The Bertz CT molecular complexity index is 530. The molecular formula is C11H13NO2S. The number of hydrogen-bond acceptors (Lipinski definition) is 3. The van der Waals surface area contributed by atoms with Crippen molar-refractivity contribution in [1.82, 2.24) is 5.32 Å². The quantitative estimate of drug-likeness (QED) is 0.827. The molecule has 80 valence electrons. The second kappa shape index (κ2) is 3.47. The Morgan fingerprint density at radius 3 is 2.73 bits per heavy atom. The fraction of sp³-hybridized carbons (Fsp3) is 0.273. The summed E-state index contributed by atoms with van der Waals surface area (Å²) in [6.07, 6.45) is 1.72. The Kier molecular flexibility index (Phi) is 2.40. The molecule has 0 aliphatic carbocycles. The molecule has 1 heterocycles. The molecular weight excluding hydrogens is 210 g/mol. The summed E-state index contributed by atoms with van der Waals surface area (Å²) in [7, 11) is -1.35. The van der Waals surface area contributed by atoms with E-state index in [4.69, 9.17) is 0 Å². The number of hydrogen-bond donors (Lipinski definition) is 1. The maximum Gasteiger partial charge on any atom is 0.203 e. The lowest BCUT2D eigenvalue weighted by Crippen LogP contribution is -2.06. The van der Waals surface area contributed by atoms with Gasteiger partial charge in [0.2, 0.25) is 9.84 Å². The Labute approximate surface area is 89.7 Å². The average molecular weight is 223 g/mol. The van der Waals surface area contributed by atoms with Crippen molar-refractivity contribution >= 4 is 15.9 Å². The van der Waals surface area contributed by atoms with Crippen LogP contribution < -0.4 is 5.32 Å². The van der Waals surface area contributed by atoms with Crippen LogP contribution in [0.1, 0.15) is 18.1 Å². The molecule has 4 heteroatoms. The van der Waals surface area contributed by atoms with Crippen LogP contribution in [0.4, 0.5) is 0 Å². The first-order valence-corrected chi connectivity index (χ1v) is 6.25. The monoisotopic (exact) mass is 223 g/mol. The normalized spacial score (nSPS) is 17.3. The zero-order valence-electron chi connectivity index (χ0n) is 8.74. The molecule has 0 fully saturated rings. The highest BCUT2D eigenvalue weighted by Gasteiger charge is 2.26. The van der Waals surface area contributed by atoms with Gasteiger partial charge in [0.1, 0.15) is 0 Å². The average Bonchev–Trinajstić information content (AvgIpc) is 2.40. The minimum absolute atomic E-state index is 0.430. The van der Waals surface area contributed by atoms with Gasteiger partial charge in [-0.2, -0.15) is 0 Å². The van der Waals surface area contributed by atoms with Gasteiger partial charge in [-0.25, -0.2) is 8.42 Å². The highest BCUT2D eigenvalue weighted by Crippen LogP contribution is 2.32. The number of rotatable bonds is 2. The summed E-state index contributed by atoms with van der Waals surface area (Å²) >= 11 is 0. The van der Waals surface area contributed by atoms with Crippen molar-refractivity contribution in [3.05, 3.63) is 34.2 Å². The van der Waals surface area contributed by atoms with Crippen molar-refractivity contribution in [2.24, 2.45) is 0 Å². The van der Waals surface area contributed by atoms with Gasteiger partial charge in [-0.1, -0.05) is 12.1 Å². The van der Waals surface area contributed by atoms with E-state index < -0.39 is 9.84 Å². The third-order valence-corrected chi connectivity index (χ3v) is 4.43. The fourth-order valence-corrected chi connectivity index (χ4v) is 3.09. The minimum atomic E-state index is -3.19. The van der Waals surface area contributed by atoms with Gasteiger partial charge in [-0.05, 0) is 37.2 Å². The van der Waals surface area contributed by atoms with Crippen LogP contribution in [0.5, 0.6) is 0 Å². The molecule has 0 saturated heterocycles. The summed E-state index contributed by atoms with van der Waals surface area (Å²) in [6.45, 7) is 2.31. The molecule has 0 spiro atoms. The molecule has 1 aliphatic heterocycles. The second-order valence-corrected chi connectivity index (χ2v) is 5.75. The van der Waals surface area contributed by atoms with Crippen LogP contribution in [-0.4, -0.2) is 15.5 Å². The lowest BCUT2D eigenvalue weighted by Gasteiger charge is -2.04. The van der Waals surface area contributed by atoms with E-state index in [1.807, 2.05) is 19.2 Å². The number of fused-ring (bicyclic) bond motifs is 1. The second-order valence-electron chi connectivity index (χ2n) is 3.66. The Hall–Kier alpha value is -1.13. The lowest BCUT2D eigenvalue weighted by molar-refractivity contribution is 0.603. The van der Waals surface area contributed by atoms with Gasteiger partial charge in [0.15, 0.2) is 0 Å². The van der Waals surface area contributed by atoms with Crippen LogP contribution in [0.2, 0.25) is 0 Å². The molecule has 1 aromatic rings. The molecule has 0 aromatic heterocycles. The predicted octanol–water partition coefficient (Wildman–Crippen LogP) is 1.55. The number of allylic oxidation sites excluding steroid dienone is 1. The molecule has 0 amide bonds. The van der Waals surface area contributed by atoms with E-state index in [2.05, 4.69) is 5.32 Å². The lowest BCUT2D eigenvalue weighted by atomic mass is 10.1. The molecule has 3 nitrogen and oxygen atoms in total. The molecule has 0 atom stereocenters. The molecule has 1 aliphatic rings. The molecule has 1 aromatic carbocycles. The fourth-order valence-electron chi connectivity index (χ4n) is 1.71. The van der Waals surface area contributed by atoms with Gasteiger partial charge in [0.25, 0.3) is 0 Å². The van der Waals surface area contributed by atoms with Gasteiger partial charge in [0, 0.05) is 11.4 Å². The predicted molar refractivity (Wildman–Crippen MR) is 60.0 cm³/mol. The van der Waals surface area contributed by atoms with Crippen LogP contribution in [0, 0.1) is 0 Å². The number of benzene rings is 1. The maximum atomic E-state index is 11.9. The number of nitrogens with one attached hydrogen (secondary N) is 1. The maximum absolute atomic E-state index is 11.9. The van der Waals surface area contributed by atoms with Gasteiger partial charge in [-0.3, -0.25) is 0 Å². The van der Waals surface area contributed by atoms with Gasteiger partial charge < -0.3 is 5.32 Å². The molecule has 0 bridgehead atoms. The van der Waals surface area contributed by atoms with Crippen molar-refractivity contribution in [3.8, 4) is 0 Å². The van der Waals surface area contributed by atoms with Crippen LogP contribution in [0.3, 0.4) is 0 Å². The SMILES string of the molecule is CNCc1ccc2c(c1)S(=O)(=O)C(C)=C2. The van der Waals surface area contributed by atoms with Crippen LogP contribution in [0.15, 0.2) is 28.0 Å². The van der Waals surface area contributed by atoms with Crippen LogP contribution in [-0.2, 0) is 16.4 Å². The Morgan fingerprint density at radius 2 is 2.07 bits per heavy atom. The first kappa shape index (κ1) is 10.4. The molecule has 0 saturated carbocycles. The summed E-state index contributed by atoms with van der Waals surface area (Å²) in [4.78, 5) is 0.867. The Morgan fingerprint density at radius 1 is 1.33 bits per heavy atom. The first-order valence-electron chi connectivity index (χ1n) is 4.76. The van der Waals surface area contributed by atoms with E-state index in [9.17, 15) is 8.42 Å². The smallest absolute Gasteiger partial charge is 0.203 e. The van der Waals surface area contributed by atoms with E-state index in [0.29, 0.717) is 16.3 Å². The summed E-state index contributed by atoms with van der Waals surface area (Å²) in [5.74, 6) is 0. The van der Waals surface area contributed by atoms with Gasteiger partial charge in [-0.15, -0.1) is 0 Å². The van der Waals surface area contributed by atoms with Crippen molar-refractivity contribution < 1.29 is 8.42 Å². The topological polar surface area (TPSA) is 46.2 Å². The zero-order chi connectivity index (χ0) is 11.1. The molecule has 0 radical (unpaired) electrons. The molecule has 2 rings (SSSR count). The largest absolute Gasteiger partial charge is 0.316 e. The summed E-state index contributed by atoms with van der Waals surface area (Å²) in [6, 6.07) is 5.55. The van der Waals surface area contributed by atoms with Crippen molar-refractivity contribution in [2.45, 2.75) is 18.4 Å². The highest BCUT2D eigenvalue weighted by molar-refractivity contribution is 7.95. The molecule has 15 heavy (non-hydrogen) atoms. The van der Waals surface area contributed by atoms with E-state index in [1.54, 1.807) is 19.1 Å². The van der Waals surface area contributed by atoms with Crippen molar-refractivity contribution in [1.29, 1.82) is 0 Å². The number of sulfone groups is 1. The third-order valence-electron chi connectivity index (χ3n) is 2.53. The molecule has 1 N–H and O–H groups in total.